The van der Waals surface area contributed by atoms with Crippen molar-refractivity contribution >= 4 is 16.8 Å². The molecule has 1 heterocycles. The third kappa shape index (κ3) is 4.71. The molecule has 1 aromatic heterocycles. The van der Waals surface area contributed by atoms with Gasteiger partial charge in [-0.2, -0.15) is 5.10 Å². The van der Waals surface area contributed by atoms with Gasteiger partial charge in [0.1, 0.15) is 11.6 Å². The lowest BCUT2D eigenvalue weighted by Crippen LogP contribution is -2.53. The van der Waals surface area contributed by atoms with E-state index in [0.29, 0.717) is 36.1 Å². The first kappa shape index (κ1) is 24.0. The summed E-state index contributed by atoms with van der Waals surface area (Å²) in [5, 5.41) is 8.29. The molecule has 0 spiro atoms. The number of halogens is 1. The van der Waals surface area contributed by atoms with Gasteiger partial charge in [-0.1, -0.05) is 30.3 Å². The summed E-state index contributed by atoms with van der Waals surface area (Å²) in [4.78, 5) is 18.2. The molecular formula is C29H31FN4O2. The smallest absolute Gasteiger partial charge is 0.254 e. The predicted molar refractivity (Wildman–Crippen MR) is 139 cm³/mol. The van der Waals surface area contributed by atoms with Gasteiger partial charge in [0.25, 0.3) is 5.91 Å². The maximum atomic E-state index is 14.0. The third-order valence-corrected chi connectivity index (χ3v) is 7.09. The molecule has 186 valence electrons. The molecule has 0 saturated heterocycles. The lowest BCUT2D eigenvalue weighted by Gasteiger charge is -2.45. The Kier molecular flexibility index (Phi) is 6.74. The minimum atomic E-state index is -0.310. The number of carbonyl (C=O) groups is 1. The Bertz CT molecular complexity index is 1380. The Morgan fingerprint density at radius 3 is 2.64 bits per heavy atom. The summed E-state index contributed by atoms with van der Waals surface area (Å²) in [6.07, 6.45) is 3.66. The Morgan fingerprint density at radius 1 is 1.08 bits per heavy atom. The number of ether oxygens (including phenoxy) is 1. The predicted octanol–water partition coefficient (Wildman–Crippen LogP) is 5.50. The molecule has 7 heteroatoms. The van der Waals surface area contributed by atoms with Crippen molar-refractivity contribution in [2.75, 3.05) is 20.7 Å². The standard InChI is InChI=1S/C29H31FN4O2/c1-4-36-27-14-20(11-12-26(27)19-7-6-10-23(30)13-19)29(35)34(25-15-24(16-25)33(2)3)18-22-9-5-8-21-17-31-32-28(21)22/h5-14,17,24-25H,4,15-16,18H2,1-3H3,(H,31,32). The summed E-state index contributed by atoms with van der Waals surface area (Å²) in [6, 6.07) is 18.5. The highest BCUT2D eigenvalue weighted by Gasteiger charge is 2.37. The van der Waals surface area contributed by atoms with Crippen LogP contribution in [0.15, 0.2) is 66.9 Å². The minimum absolute atomic E-state index is 0.0412. The molecule has 0 bridgehead atoms. The van der Waals surface area contributed by atoms with Crippen LogP contribution in [0.2, 0.25) is 0 Å². The number of nitrogens with zero attached hydrogens (tertiary/aromatic N) is 3. The number of aromatic nitrogens is 2. The van der Waals surface area contributed by atoms with Crippen LogP contribution in [0, 0.1) is 5.82 Å². The largest absolute Gasteiger partial charge is 0.493 e. The maximum absolute atomic E-state index is 14.0. The van der Waals surface area contributed by atoms with Crippen molar-refractivity contribution in [3.63, 3.8) is 0 Å². The Morgan fingerprint density at radius 2 is 1.89 bits per heavy atom. The molecule has 1 fully saturated rings. The van der Waals surface area contributed by atoms with E-state index >= 15 is 0 Å². The molecule has 4 aromatic rings. The molecule has 0 atom stereocenters. The Labute approximate surface area is 210 Å². The van der Waals surface area contributed by atoms with Crippen LogP contribution in [-0.2, 0) is 6.54 Å². The summed E-state index contributed by atoms with van der Waals surface area (Å²) in [7, 11) is 4.16. The molecule has 1 aliphatic rings. The van der Waals surface area contributed by atoms with Gasteiger partial charge in [-0.05, 0) is 75.3 Å². The maximum Gasteiger partial charge on any atom is 0.254 e. The van der Waals surface area contributed by atoms with Gasteiger partial charge >= 0.3 is 0 Å². The van der Waals surface area contributed by atoms with E-state index in [4.69, 9.17) is 4.74 Å². The summed E-state index contributed by atoms with van der Waals surface area (Å²) < 4.78 is 19.8. The monoisotopic (exact) mass is 486 g/mol. The summed E-state index contributed by atoms with van der Waals surface area (Å²) in [5.74, 6) is 0.222. The first-order valence-electron chi connectivity index (χ1n) is 12.4. The lowest BCUT2D eigenvalue weighted by molar-refractivity contribution is 0.0343. The third-order valence-electron chi connectivity index (χ3n) is 7.09. The number of hydrogen-bond acceptors (Lipinski definition) is 4. The van der Waals surface area contributed by atoms with Gasteiger partial charge in [-0.15, -0.1) is 0 Å². The molecule has 0 radical (unpaired) electrons. The van der Waals surface area contributed by atoms with Crippen LogP contribution in [-0.4, -0.2) is 58.7 Å². The van der Waals surface area contributed by atoms with E-state index in [1.165, 1.54) is 12.1 Å². The number of amides is 1. The average Bonchev–Trinajstić information content (AvgIpc) is 3.32. The highest BCUT2D eigenvalue weighted by molar-refractivity contribution is 5.96. The number of hydrogen-bond donors (Lipinski definition) is 1. The molecule has 0 unspecified atom stereocenters. The van der Waals surface area contributed by atoms with Crippen LogP contribution in [0.4, 0.5) is 4.39 Å². The van der Waals surface area contributed by atoms with Crippen molar-refractivity contribution in [3.8, 4) is 16.9 Å². The van der Waals surface area contributed by atoms with E-state index in [1.807, 2.05) is 48.2 Å². The number of fused-ring (bicyclic) bond motifs is 1. The highest BCUT2D eigenvalue weighted by Crippen LogP contribution is 2.35. The molecule has 0 aliphatic heterocycles. The first-order valence-corrected chi connectivity index (χ1v) is 12.4. The highest BCUT2D eigenvalue weighted by atomic mass is 19.1. The van der Waals surface area contributed by atoms with Gasteiger partial charge in [0, 0.05) is 35.1 Å². The van der Waals surface area contributed by atoms with E-state index < -0.39 is 0 Å². The van der Waals surface area contributed by atoms with Crippen molar-refractivity contribution in [1.82, 2.24) is 20.0 Å². The van der Waals surface area contributed by atoms with Gasteiger partial charge in [0.05, 0.1) is 18.3 Å². The number of benzene rings is 3. The molecule has 1 aliphatic carbocycles. The lowest BCUT2D eigenvalue weighted by atomic mass is 9.84. The zero-order valence-corrected chi connectivity index (χ0v) is 20.9. The Balaban J connectivity index is 1.49. The van der Waals surface area contributed by atoms with Crippen LogP contribution >= 0.6 is 0 Å². The van der Waals surface area contributed by atoms with Gasteiger partial charge in [-0.25, -0.2) is 4.39 Å². The average molecular weight is 487 g/mol. The molecular weight excluding hydrogens is 455 g/mol. The molecule has 3 aromatic carbocycles. The fourth-order valence-corrected chi connectivity index (χ4v) is 4.94. The summed E-state index contributed by atoms with van der Waals surface area (Å²) in [5.41, 5.74) is 4.03. The SMILES string of the molecule is CCOc1cc(C(=O)N(Cc2cccc3cn[nH]c23)C2CC(N(C)C)C2)ccc1-c1cccc(F)c1. The quantitative estimate of drug-likeness (QED) is 0.357. The van der Waals surface area contributed by atoms with Crippen LogP contribution < -0.4 is 4.74 Å². The molecule has 36 heavy (non-hydrogen) atoms. The number of nitrogens with one attached hydrogen (secondary N) is 1. The van der Waals surface area contributed by atoms with Crippen LogP contribution in [0.1, 0.15) is 35.7 Å². The Hall–Kier alpha value is -3.71. The number of para-hydroxylation sites is 1. The van der Waals surface area contributed by atoms with E-state index in [9.17, 15) is 9.18 Å². The molecule has 1 N–H and O–H groups in total. The van der Waals surface area contributed by atoms with Crippen LogP contribution in [0.25, 0.3) is 22.0 Å². The second kappa shape index (κ2) is 10.1. The van der Waals surface area contributed by atoms with Gasteiger partial charge in [0.2, 0.25) is 0 Å². The fraction of sp³-hybridized carbons (Fsp3) is 0.310. The van der Waals surface area contributed by atoms with Gasteiger partial charge < -0.3 is 14.5 Å². The van der Waals surface area contributed by atoms with Gasteiger partial charge in [-0.3, -0.25) is 9.89 Å². The minimum Gasteiger partial charge on any atom is -0.493 e. The number of aromatic amines is 1. The number of carbonyl (C=O) groups excluding carboxylic acids is 1. The topological polar surface area (TPSA) is 61.5 Å². The second-order valence-corrected chi connectivity index (χ2v) is 9.58. The van der Waals surface area contributed by atoms with Crippen LogP contribution in [0.3, 0.4) is 0 Å². The number of rotatable bonds is 8. The summed E-state index contributed by atoms with van der Waals surface area (Å²) in [6.45, 7) is 2.83. The van der Waals surface area contributed by atoms with Gasteiger partial charge in [0.15, 0.2) is 0 Å². The van der Waals surface area contributed by atoms with Crippen molar-refractivity contribution in [1.29, 1.82) is 0 Å². The first-order chi connectivity index (χ1) is 17.4. The van der Waals surface area contributed by atoms with Crippen molar-refractivity contribution in [2.45, 2.75) is 38.4 Å². The van der Waals surface area contributed by atoms with E-state index in [1.54, 1.807) is 18.3 Å². The second-order valence-electron chi connectivity index (χ2n) is 9.58. The molecule has 1 saturated carbocycles. The molecule has 6 nitrogen and oxygen atoms in total. The zero-order valence-electron chi connectivity index (χ0n) is 20.9. The fourth-order valence-electron chi connectivity index (χ4n) is 4.94. The van der Waals surface area contributed by atoms with Crippen molar-refractivity contribution in [2.24, 2.45) is 0 Å². The van der Waals surface area contributed by atoms with Crippen molar-refractivity contribution < 1.29 is 13.9 Å². The van der Waals surface area contributed by atoms with E-state index in [0.717, 1.165) is 34.9 Å². The molecule has 5 rings (SSSR count). The number of H-pyrrole nitrogens is 1. The normalized spacial score (nSPS) is 17.2. The van der Waals surface area contributed by atoms with E-state index in [2.05, 4.69) is 29.2 Å². The van der Waals surface area contributed by atoms with E-state index in [-0.39, 0.29) is 17.8 Å². The van der Waals surface area contributed by atoms with Crippen LogP contribution in [0.5, 0.6) is 5.75 Å². The summed E-state index contributed by atoms with van der Waals surface area (Å²) >= 11 is 0. The van der Waals surface area contributed by atoms with Crippen molar-refractivity contribution in [3.05, 3.63) is 83.8 Å². The molecule has 1 amide bonds. The zero-order chi connectivity index (χ0) is 25.2.